The average molecular weight is 364 g/mol. The maximum Gasteiger partial charge on any atom is 0.266 e. The minimum Gasteiger partial charge on any atom is -0.497 e. The van der Waals surface area contributed by atoms with Crippen molar-refractivity contribution in [2.24, 2.45) is 5.73 Å². The predicted octanol–water partition coefficient (Wildman–Crippen LogP) is 2.94. The van der Waals surface area contributed by atoms with E-state index in [2.05, 4.69) is 0 Å². The molecule has 1 aliphatic rings. The summed E-state index contributed by atoms with van der Waals surface area (Å²) in [5.41, 5.74) is 6.04. The molecular weight excluding hydrogens is 344 g/mol. The lowest BCUT2D eigenvalue weighted by atomic mass is 10.2. The number of methoxy groups -OCH3 is 1. The normalized spacial score (nSPS) is 16.0. The number of rotatable bonds is 8. The van der Waals surface area contributed by atoms with Crippen LogP contribution in [0.3, 0.4) is 0 Å². The van der Waals surface area contributed by atoms with Crippen LogP contribution >= 0.6 is 24.0 Å². The summed E-state index contributed by atoms with van der Waals surface area (Å²) in [6, 6.07) is 7.50. The van der Waals surface area contributed by atoms with Gasteiger partial charge in [-0.3, -0.25) is 14.5 Å². The molecule has 0 atom stereocenters. The van der Waals surface area contributed by atoms with Crippen LogP contribution in [-0.2, 0) is 9.59 Å². The number of nitrogens with zero attached hydrogens (tertiary/aromatic N) is 1. The van der Waals surface area contributed by atoms with Gasteiger partial charge in [-0.1, -0.05) is 42.5 Å². The van der Waals surface area contributed by atoms with Gasteiger partial charge < -0.3 is 10.5 Å². The number of nitrogens with two attached hydrogens (primary N) is 1. The van der Waals surface area contributed by atoms with Crippen molar-refractivity contribution in [1.82, 2.24) is 4.90 Å². The van der Waals surface area contributed by atoms with Crippen LogP contribution in [0.1, 0.15) is 31.2 Å². The Kier molecular flexibility index (Phi) is 6.81. The van der Waals surface area contributed by atoms with Gasteiger partial charge in [0, 0.05) is 13.0 Å². The molecule has 0 aromatic heterocycles. The Labute approximate surface area is 151 Å². The number of thioether (sulfide) groups is 1. The molecule has 5 nitrogen and oxygen atoms in total. The fourth-order valence-electron chi connectivity index (χ4n) is 2.29. The van der Waals surface area contributed by atoms with Crippen molar-refractivity contribution in [2.75, 3.05) is 13.7 Å². The van der Waals surface area contributed by atoms with E-state index in [0.717, 1.165) is 30.6 Å². The van der Waals surface area contributed by atoms with E-state index in [-0.39, 0.29) is 11.8 Å². The summed E-state index contributed by atoms with van der Waals surface area (Å²) in [5, 5.41) is 0. The third-order valence-corrected chi connectivity index (χ3v) is 4.97. The number of amides is 2. The molecule has 2 N–H and O–H groups in total. The first-order chi connectivity index (χ1) is 11.5. The number of unbranched alkanes of at least 4 members (excludes halogenated alkanes) is 2. The maximum atomic E-state index is 12.5. The van der Waals surface area contributed by atoms with Crippen molar-refractivity contribution >= 4 is 46.2 Å². The average Bonchev–Trinajstić information content (AvgIpc) is 2.82. The van der Waals surface area contributed by atoms with Crippen LogP contribution in [0, 0.1) is 0 Å². The van der Waals surface area contributed by atoms with E-state index in [9.17, 15) is 9.59 Å². The Morgan fingerprint density at radius 1 is 1.29 bits per heavy atom. The smallest absolute Gasteiger partial charge is 0.266 e. The first-order valence-corrected chi connectivity index (χ1v) is 8.91. The summed E-state index contributed by atoms with van der Waals surface area (Å²) in [6.45, 7) is 0.573. The van der Waals surface area contributed by atoms with Gasteiger partial charge in [0.05, 0.1) is 12.0 Å². The van der Waals surface area contributed by atoms with Crippen LogP contribution in [0.2, 0.25) is 0 Å². The van der Waals surface area contributed by atoms with E-state index in [1.807, 2.05) is 30.3 Å². The molecule has 0 saturated carbocycles. The van der Waals surface area contributed by atoms with Crippen LogP contribution in [-0.4, -0.2) is 34.7 Å². The molecule has 7 heteroatoms. The molecule has 2 amide bonds. The molecule has 1 saturated heterocycles. The van der Waals surface area contributed by atoms with E-state index in [0.29, 0.717) is 22.2 Å². The van der Waals surface area contributed by atoms with Gasteiger partial charge in [0.2, 0.25) is 5.91 Å². The van der Waals surface area contributed by atoms with Gasteiger partial charge >= 0.3 is 0 Å². The van der Waals surface area contributed by atoms with Crippen molar-refractivity contribution in [1.29, 1.82) is 0 Å². The van der Waals surface area contributed by atoms with Gasteiger partial charge in [-0.25, -0.2) is 0 Å². The molecule has 24 heavy (non-hydrogen) atoms. The number of hydrogen-bond donors (Lipinski definition) is 1. The van der Waals surface area contributed by atoms with E-state index in [1.54, 1.807) is 12.0 Å². The van der Waals surface area contributed by atoms with Gasteiger partial charge in [0.1, 0.15) is 10.1 Å². The minimum absolute atomic E-state index is 0.0595. The van der Waals surface area contributed by atoms with E-state index >= 15 is 0 Å². The summed E-state index contributed by atoms with van der Waals surface area (Å²) in [5.74, 6) is 0.425. The lowest BCUT2D eigenvalue weighted by Crippen LogP contribution is -2.29. The van der Waals surface area contributed by atoms with Gasteiger partial charge in [0.25, 0.3) is 5.91 Å². The monoisotopic (exact) mass is 364 g/mol. The molecule has 0 spiro atoms. The van der Waals surface area contributed by atoms with Crippen LogP contribution in [0.15, 0.2) is 29.2 Å². The maximum absolute atomic E-state index is 12.5. The first kappa shape index (κ1) is 18.5. The fraction of sp³-hybridized carbons (Fsp3) is 0.353. The molecule has 128 valence electrons. The van der Waals surface area contributed by atoms with Crippen LogP contribution in [0.4, 0.5) is 0 Å². The van der Waals surface area contributed by atoms with Crippen molar-refractivity contribution in [2.45, 2.75) is 25.7 Å². The molecule has 0 unspecified atom stereocenters. The second kappa shape index (κ2) is 8.84. The summed E-state index contributed by atoms with van der Waals surface area (Å²) in [7, 11) is 1.61. The largest absolute Gasteiger partial charge is 0.497 e. The quantitative estimate of drug-likeness (QED) is 0.436. The standard InChI is InChI=1S/C17H20N2O3S2/c1-22-13-8-6-12(7-9-13)11-14-16(21)19(17(23)24-14)10-4-2-3-5-15(18)20/h6-9,11H,2-5,10H2,1H3,(H2,18,20)/b14-11-. The molecular formula is C17H20N2O3S2. The SMILES string of the molecule is COc1ccc(/C=C2\SC(=S)N(CCCCCC(N)=O)C2=O)cc1. The molecule has 2 rings (SSSR count). The summed E-state index contributed by atoms with van der Waals surface area (Å²) >= 11 is 6.62. The van der Waals surface area contributed by atoms with Crippen molar-refractivity contribution in [3.63, 3.8) is 0 Å². The number of thiocarbonyl (C=S) groups is 1. The van der Waals surface area contributed by atoms with Crippen LogP contribution in [0.5, 0.6) is 5.75 Å². The molecule has 0 bridgehead atoms. The number of carbonyl (C=O) groups is 2. The minimum atomic E-state index is -0.289. The highest BCUT2D eigenvalue weighted by molar-refractivity contribution is 8.26. The molecule has 1 aliphatic heterocycles. The highest BCUT2D eigenvalue weighted by atomic mass is 32.2. The number of carbonyl (C=O) groups excluding carboxylic acids is 2. The Hall–Kier alpha value is -1.86. The van der Waals surface area contributed by atoms with E-state index < -0.39 is 0 Å². The fourth-order valence-corrected chi connectivity index (χ4v) is 3.60. The number of benzene rings is 1. The molecule has 1 heterocycles. The van der Waals surface area contributed by atoms with Crippen molar-refractivity contribution in [3.05, 3.63) is 34.7 Å². The molecule has 1 aromatic rings. The van der Waals surface area contributed by atoms with Gasteiger partial charge in [-0.15, -0.1) is 0 Å². The van der Waals surface area contributed by atoms with E-state index in [1.165, 1.54) is 11.8 Å². The third-order valence-electron chi connectivity index (χ3n) is 3.59. The summed E-state index contributed by atoms with van der Waals surface area (Å²) < 4.78 is 5.70. The molecule has 0 aliphatic carbocycles. The zero-order valence-electron chi connectivity index (χ0n) is 13.5. The Balaban J connectivity index is 1.92. The predicted molar refractivity (Wildman–Crippen MR) is 101 cm³/mol. The zero-order valence-corrected chi connectivity index (χ0v) is 15.1. The van der Waals surface area contributed by atoms with Gasteiger partial charge in [-0.2, -0.15) is 0 Å². The van der Waals surface area contributed by atoms with Gasteiger partial charge in [0.15, 0.2) is 0 Å². The number of ether oxygens (including phenoxy) is 1. The number of primary amides is 1. The summed E-state index contributed by atoms with van der Waals surface area (Å²) in [6.07, 6.45) is 4.61. The van der Waals surface area contributed by atoms with E-state index in [4.69, 9.17) is 22.7 Å². The topological polar surface area (TPSA) is 72.6 Å². The third kappa shape index (κ3) is 5.07. The Morgan fingerprint density at radius 2 is 2.00 bits per heavy atom. The number of hydrogen-bond acceptors (Lipinski definition) is 5. The second-order valence-corrected chi connectivity index (χ2v) is 7.06. The summed E-state index contributed by atoms with van der Waals surface area (Å²) in [4.78, 5) is 25.4. The highest BCUT2D eigenvalue weighted by Gasteiger charge is 2.31. The second-order valence-electron chi connectivity index (χ2n) is 5.38. The van der Waals surface area contributed by atoms with Crippen molar-refractivity contribution in [3.8, 4) is 5.75 Å². The lowest BCUT2D eigenvalue weighted by molar-refractivity contribution is -0.122. The van der Waals surface area contributed by atoms with Crippen molar-refractivity contribution < 1.29 is 14.3 Å². The molecule has 0 radical (unpaired) electrons. The zero-order chi connectivity index (χ0) is 17.5. The lowest BCUT2D eigenvalue weighted by Gasteiger charge is -2.13. The van der Waals surface area contributed by atoms with Crippen LogP contribution < -0.4 is 10.5 Å². The Morgan fingerprint density at radius 3 is 2.62 bits per heavy atom. The first-order valence-electron chi connectivity index (χ1n) is 7.69. The van der Waals surface area contributed by atoms with Crippen LogP contribution in [0.25, 0.3) is 6.08 Å². The van der Waals surface area contributed by atoms with Gasteiger partial charge in [-0.05, 0) is 36.6 Å². The molecule has 1 aromatic carbocycles. The molecule has 1 fully saturated rings. The Bertz CT molecular complexity index is 656. The highest BCUT2D eigenvalue weighted by Crippen LogP contribution is 2.33.